The number of piperazine rings is 1. The quantitative estimate of drug-likeness (QED) is 0.385. The molecule has 2 N–H and O–H groups in total. The number of esters is 1. The Balaban J connectivity index is 1.48. The van der Waals surface area contributed by atoms with Crippen LogP contribution in [0.4, 0.5) is 9.18 Å². The zero-order chi connectivity index (χ0) is 26.9. The normalized spacial score (nSPS) is 20.1. The van der Waals surface area contributed by atoms with Crippen molar-refractivity contribution in [2.75, 3.05) is 26.2 Å². The zero-order valence-electron chi connectivity index (χ0n) is 21.3. The lowest BCUT2D eigenvalue weighted by Gasteiger charge is -2.31. The number of fused-ring (bicyclic) bond motifs is 5. The lowest BCUT2D eigenvalue weighted by molar-refractivity contribution is -0.172. The van der Waals surface area contributed by atoms with Crippen molar-refractivity contribution >= 4 is 23.0 Å². The number of aliphatic hydroxyl groups is 1. The first-order valence-corrected chi connectivity index (χ1v) is 12.6. The van der Waals surface area contributed by atoms with Gasteiger partial charge in [-0.1, -0.05) is 6.92 Å². The van der Waals surface area contributed by atoms with E-state index >= 15 is 4.39 Å². The molecule has 0 spiro atoms. The second-order valence-corrected chi connectivity index (χ2v) is 9.98. The summed E-state index contributed by atoms with van der Waals surface area (Å²) in [7, 11) is 0. The largest absolute Gasteiger partial charge is 0.458 e. The highest BCUT2D eigenvalue weighted by atomic mass is 19.1. The number of hydrogen-bond acceptors (Lipinski definition) is 8. The van der Waals surface area contributed by atoms with Gasteiger partial charge in [0.2, 0.25) is 0 Å². The average molecular weight is 523 g/mol. The Morgan fingerprint density at radius 1 is 1.21 bits per heavy atom. The van der Waals surface area contributed by atoms with Crippen LogP contribution in [-0.2, 0) is 28.3 Å². The van der Waals surface area contributed by atoms with Gasteiger partial charge in [-0.3, -0.25) is 4.79 Å². The standard InChI is InChI=1S/C27H27FN4O6/c1-4-27(36)17-9-20-22-15(11-32(20)24(33)16(17)12-37-25(27)34)13(2)21-14(3)23(18(28)10-19(21)30-22)38-26(35)31-7-5-29-6-8-31/h9-10,29,36H,4-8,11-12H2,1-3H3/t27-/m0/s1. The summed E-state index contributed by atoms with van der Waals surface area (Å²) in [4.78, 5) is 44.8. The highest BCUT2D eigenvalue weighted by Crippen LogP contribution is 2.42. The van der Waals surface area contributed by atoms with Crippen molar-refractivity contribution in [2.45, 2.75) is 45.9 Å². The number of carbonyl (C=O) groups excluding carboxylic acids is 2. The summed E-state index contributed by atoms with van der Waals surface area (Å²) in [5, 5.41) is 14.9. The van der Waals surface area contributed by atoms with Gasteiger partial charge in [-0.2, -0.15) is 0 Å². The number of nitrogens with one attached hydrogen (secondary N) is 1. The van der Waals surface area contributed by atoms with Gasteiger partial charge in [-0.25, -0.2) is 19.0 Å². The summed E-state index contributed by atoms with van der Waals surface area (Å²) in [6.45, 7) is 7.42. The molecule has 198 valence electrons. The van der Waals surface area contributed by atoms with E-state index < -0.39 is 23.5 Å². The summed E-state index contributed by atoms with van der Waals surface area (Å²) in [5.41, 5.74) is 1.42. The molecule has 6 rings (SSSR count). The number of benzene rings is 1. The maximum Gasteiger partial charge on any atom is 0.415 e. The maximum atomic E-state index is 15.3. The van der Waals surface area contributed by atoms with Gasteiger partial charge in [-0.15, -0.1) is 0 Å². The molecule has 0 aliphatic carbocycles. The highest BCUT2D eigenvalue weighted by molar-refractivity contribution is 5.93. The number of aromatic nitrogens is 2. The number of halogens is 1. The van der Waals surface area contributed by atoms with Crippen molar-refractivity contribution in [1.29, 1.82) is 0 Å². The van der Waals surface area contributed by atoms with Gasteiger partial charge in [0.15, 0.2) is 17.2 Å². The van der Waals surface area contributed by atoms with Gasteiger partial charge in [0, 0.05) is 54.3 Å². The van der Waals surface area contributed by atoms with Crippen LogP contribution in [0.5, 0.6) is 5.75 Å². The number of amides is 1. The van der Waals surface area contributed by atoms with Crippen LogP contribution in [-0.4, -0.2) is 57.8 Å². The number of nitrogens with zero attached hydrogens (tertiary/aromatic N) is 3. The van der Waals surface area contributed by atoms with Crippen molar-refractivity contribution in [2.24, 2.45) is 0 Å². The molecule has 3 aliphatic rings. The third-order valence-corrected chi connectivity index (χ3v) is 7.96. The minimum atomic E-state index is -1.93. The van der Waals surface area contributed by atoms with Gasteiger partial charge in [0.25, 0.3) is 5.56 Å². The summed E-state index contributed by atoms with van der Waals surface area (Å²) >= 11 is 0. The molecule has 0 radical (unpaired) electrons. The number of pyridine rings is 2. The molecule has 11 heteroatoms. The second-order valence-electron chi connectivity index (χ2n) is 9.98. The third-order valence-electron chi connectivity index (χ3n) is 7.96. The zero-order valence-corrected chi connectivity index (χ0v) is 21.3. The van der Waals surface area contributed by atoms with Crippen LogP contribution in [0.25, 0.3) is 22.3 Å². The molecule has 38 heavy (non-hydrogen) atoms. The van der Waals surface area contributed by atoms with E-state index in [1.807, 2.05) is 6.92 Å². The molecule has 3 aliphatic heterocycles. The van der Waals surface area contributed by atoms with E-state index in [9.17, 15) is 19.5 Å². The Morgan fingerprint density at radius 3 is 2.66 bits per heavy atom. The van der Waals surface area contributed by atoms with Crippen LogP contribution in [0, 0.1) is 19.7 Å². The van der Waals surface area contributed by atoms with E-state index in [1.54, 1.807) is 19.9 Å². The van der Waals surface area contributed by atoms with E-state index in [0.29, 0.717) is 54.0 Å². The van der Waals surface area contributed by atoms with Gasteiger partial charge in [-0.05, 0) is 31.9 Å². The Kier molecular flexibility index (Phi) is 5.55. The fourth-order valence-electron chi connectivity index (χ4n) is 5.76. The molecule has 3 aromatic rings. The molecule has 1 saturated heterocycles. The van der Waals surface area contributed by atoms with Crippen molar-refractivity contribution < 1.29 is 28.6 Å². The molecule has 0 bridgehead atoms. The Hall–Kier alpha value is -3.83. The fraction of sp³-hybridized carbons (Fsp3) is 0.407. The number of aryl methyl sites for hydroxylation is 2. The van der Waals surface area contributed by atoms with E-state index in [4.69, 9.17) is 14.5 Å². The van der Waals surface area contributed by atoms with Crippen molar-refractivity contribution in [3.05, 3.63) is 56.1 Å². The fourth-order valence-corrected chi connectivity index (χ4v) is 5.76. The molecule has 0 saturated carbocycles. The lowest BCUT2D eigenvalue weighted by Crippen LogP contribution is -2.47. The van der Waals surface area contributed by atoms with Crippen LogP contribution < -0.4 is 15.6 Å². The predicted molar refractivity (Wildman–Crippen MR) is 134 cm³/mol. The Labute approximate surface area is 217 Å². The van der Waals surface area contributed by atoms with Crippen molar-refractivity contribution in [3.63, 3.8) is 0 Å². The minimum Gasteiger partial charge on any atom is -0.458 e. The smallest absolute Gasteiger partial charge is 0.415 e. The number of rotatable bonds is 2. The van der Waals surface area contributed by atoms with Crippen LogP contribution in [0.2, 0.25) is 0 Å². The Bertz CT molecular complexity index is 1610. The summed E-state index contributed by atoms with van der Waals surface area (Å²) in [5.74, 6) is -1.65. The van der Waals surface area contributed by atoms with Gasteiger partial charge in [0.1, 0.15) is 6.61 Å². The van der Waals surface area contributed by atoms with Crippen molar-refractivity contribution in [3.8, 4) is 17.1 Å². The molecule has 2 aromatic heterocycles. The molecule has 1 fully saturated rings. The lowest BCUT2D eigenvalue weighted by atomic mass is 9.86. The van der Waals surface area contributed by atoms with Crippen LogP contribution >= 0.6 is 0 Å². The number of hydrogen-bond donors (Lipinski definition) is 2. The second kappa shape index (κ2) is 8.60. The third kappa shape index (κ3) is 3.38. The molecule has 0 unspecified atom stereocenters. The molecule has 5 heterocycles. The molecule has 1 aromatic carbocycles. The van der Waals surface area contributed by atoms with E-state index in [2.05, 4.69) is 5.32 Å². The molecule has 10 nitrogen and oxygen atoms in total. The van der Waals surface area contributed by atoms with Gasteiger partial charge in [0.05, 0.1) is 29.0 Å². The van der Waals surface area contributed by atoms with E-state index in [0.717, 1.165) is 11.1 Å². The van der Waals surface area contributed by atoms with Crippen molar-refractivity contribution in [1.82, 2.24) is 19.8 Å². The minimum absolute atomic E-state index is 0.0403. The van der Waals surface area contributed by atoms with Gasteiger partial charge < -0.3 is 29.4 Å². The van der Waals surface area contributed by atoms with E-state index in [1.165, 1.54) is 15.5 Å². The number of cyclic esters (lactones) is 1. The monoisotopic (exact) mass is 522 g/mol. The molecule has 1 amide bonds. The maximum absolute atomic E-state index is 15.3. The molecular formula is C27H27FN4O6. The number of carbonyl (C=O) groups is 2. The summed E-state index contributed by atoms with van der Waals surface area (Å²) < 4.78 is 27.5. The van der Waals surface area contributed by atoms with E-state index in [-0.39, 0.29) is 42.0 Å². The molecule has 1 atom stereocenters. The Morgan fingerprint density at radius 2 is 1.95 bits per heavy atom. The average Bonchev–Trinajstić information content (AvgIpc) is 3.28. The summed E-state index contributed by atoms with van der Waals surface area (Å²) in [6.07, 6.45) is -0.567. The first-order valence-electron chi connectivity index (χ1n) is 12.6. The topological polar surface area (TPSA) is 123 Å². The predicted octanol–water partition coefficient (Wildman–Crippen LogP) is 2.24. The van der Waals surface area contributed by atoms with Crippen LogP contribution in [0.1, 0.15) is 41.2 Å². The number of ether oxygens (including phenoxy) is 2. The first-order chi connectivity index (χ1) is 18.2. The van der Waals surface area contributed by atoms with Crippen LogP contribution in [0.15, 0.2) is 16.9 Å². The first kappa shape index (κ1) is 24.5. The van der Waals surface area contributed by atoms with Crippen LogP contribution in [0.3, 0.4) is 0 Å². The summed E-state index contributed by atoms with van der Waals surface area (Å²) in [6, 6.07) is 2.85. The molecular weight excluding hydrogens is 495 g/mol. The SMILES string of the molecule is CC[C@@]1(O)C(=O)OCc2c1cc1n(c2=O)Cc2c-1nc1cc(F)c(OC(=O)N3CCNCC3)c(C)c1c2C. The highest BCUT2D eigenvalue weighted by Gasteiger charge is 2.45. The van der Waals surface area contributed by atoms with Gasteiger partial charge >= 0.3 is 12.1 Å².